The standard InChI is InChI=1S/C7H2Cl3F3/c8-7(9,10)3-1-4(11)6(13)5(12)2-3/h1-2H. The molecule has 0 saturated heterocycles. The number of halogens is 6. The van der Waals surface area contributed by atoms with E-state index in [1.165, 1.54) is 0 Å². The van der Waals surface area contributed by atoms with Crippen LogP contribution in [0.4, 0.5) is 13.2 Å². The fourth-order valence-corrected chi connectivity index (χ4v) is 1.05. The summed E-state index contributed by atoms with van der Waals surface area (Å²) in [7, 11) is 0. The summed E-state index contributed by atoms with van der Waals surface area (Å²) in [5.74, 6) is -4.36. The fraction of sp³-hybridized carbons (Fsp3) is 0.143. The second-order valence-corrected chi connectivity index (χ2v) is 4.53. The van der Waals surface area contributed by atoms with Crippen molar-refractivity contribution < 1.29 is 13.2 Å². The smallest absolute Gasteiger partial charge is 0.204 e. The molecule has 0 atom stereocenters. The van der Waals surface area contributed by atoms with Crippen LogP contribution in [0.5, 0.6) is 0 Å². The topological polar surface area (TPSA) is 0 Å². The van der Waals surface area contributed by atoms with Crippen molar-refractivity contribution in [2.24, 2.45) is 0 Å². The molecule has 0 amide bonds. The average molecular weight is 249 g/mol. The predicted octanol–water partition coefficient (Wildman–Crippen LogP) is 3.93. The summed E-state index contributed by atoms with van der Waals surface area (Å²) in [6, 6.07) is 1.26. The minimum absolute atomic E-state index is 0.256. The lowest BCUT2D eigenvalue weighted by molar-refractivity contribution is 0.445. The lowest BCUT2D eigenvalue weighted by Crippen LogP contribution is -2.03. The van der Waals surface area contributed by atoms with Crippen molar-refractivity contribution in [1.82, 2.24) is 0 Å². The first-order valence-corrected chi connectivity index (χ1v) is 4.17. The van der Waals surface area contributed by atoms with Crippen LogP contribution in [0, 0.1) is 17.5 Å². The van der Waals surface area contributed by atoms with Crippen LogP contribution in [-0.2, 0) is 3.79 Å². The van der Waals surface area contributed by atoms with E-state index in [2.05, 4.69) is 0 Å². The van der Waals surface area contributed by atoms with Gasteiger partial charge in [0.05, 0.1) is 0 Å². The molecule has 13 heavy (non-hydrogen) atoms. The summed E-state index contributed by atoms with van der Waals surface area (Å²) in [6.07, 6.45) is 0. The molecule has 0 radical (unpaired) electrons. The zero-order valence-corrected chi connectivity index (χ0v) is 8.19. The van der Waals surface area contributed by atoms with Crippen molar-refractivity contribution in [2.45, 2.75) is 3.79 Å². The highest BCUT2D eigenvalue weighted by molar-refractivity contribution is 6.66. The normalized spacial score (nSPS) is 11.8. The molecule has 0 nitrogen and oxygen atoms in total. The van der Waals surface area contributed by atoms with Gasteiger partial charge in [0.1, 0.15) is 0 Å². The van der Waals surface area contributed by atoms with Crippen LogP contribution in [-0.4, -0.2) is 0 Å². The van der Waals surface area contributed by atoms with Crippen molar-refractivity contribution in [3.05, 3.63) is 35.1 Å². The molecule has 72 valence electrons. The molecular weight excluding hydrogens is 247 g/mol. The van der Waals surface area contributed by atoms with Gasteiger partial charge in [-0.15, -0.1) is 0 Å². The van der Waals surface area contributed by atoms with Gasteiger partial charge >= 0.3 is 0 Å². The molecule has 0 bridgehead atoms. The Morgan fingerprint density at radius 2 is 1.31 bits per heavy atom. The Balaban J connectivity index is 3.29. The third-order valence-corrected chi connectivity index (χ3v) is 1.97. The van der Waals surface area contributed by atoms with Crippen LogP contribution in [0.2, 0.25) is 0 Å². The maximum Gasteiger partial charge on any atom is 0.216 e. The number of alkyl halides is 3. The van der Waals surface area contributed by atoms with Crippen molar-refractivity contribution in [3.63, 3.8) is 0 Å². The van der Waals surface area contributed by atoms with Gasteiger partial charge in [-0.25, -0.2) is 13.2 Å². The zero-order chi connectivity index (χ0) is 10.2. The Bertz CT molecular complexity index is 309. The molecule has 6 heteroatoms. The molecule has 0 aliphatic rings. The Morgan fingerprint density at radius 1 is 0.923 bits per heavy atom. The minimum Gasteiger partial charge on any atom is -0.204 e. The molecule has 0 aliphatic carbocycles. The summed E-state index contributed by atoms with van der Waals surface area (Å²) >= 11 is 16.0. The van der Waals surface area contributed by atoms with Gasteiger partial charge in [0.15, 0.2) is 17.5 Å². The van der Waals surface area contributed by atoms with Crippen molar-refractivity contribution >= 4 is 34.8 Å². The maximum absolute atomic E-state index is 12.6. The summed E-state index contributed by atoms with van der Waals surface area (Å²) in [5.41, 5.74) is -0.256. The van der Waals surface area contributed by atoms with E-state index in [1.54, 1.807) is 0 Å². The highest BCUT2D eigenvalue weighted by atomic mass is 35.6. The van der Waals surface area contributed by atoms with Crippen LogP contribution >= 0.6 is 34.8 Å². The Kier molecular flexibility index (Phi) is 3.00. The minimum atomic E-state index is -1.96. The highest BCUT2D eigenvalue weighted by Crippen LogP contribution is 2.38. The quantitative estimate of drug-likeness (QED) is 0.483. The molecule has 1 rings (SSSR count). The van der Waals surface area contributed by atoms with Gasteiger partial charge in [-0.05, 0) is 12.1 Å². The van der Waals surface area contributed by atoms with Gasteiger partial charge in [-0.3, -0.25) is 0 Å². The first-order chi connectivity index (χ1) is 5.82. The first kappa shape index (κ1) is 11.0. The second kappa shape index (κ2) is 3.56. The zero-order valence-electron chi connectivity index (χ0n) is 5.92. The SMILES string of the molecule is Fc1cc(C(Cl)(Cl)Cl)cc(F)c1F. The molecule has 1 aromatic carbocycles. The average Bonchev–Trinajstić information content (AvgIpc) is 1.97. The van der Waals surface area contributed by atoms with Gasteiger partial charge in [0, 0.05) is 5.56 Å². The lowest BCUT2D eigenvalue weighted by atomic mass is 10.2. The summed E-state index contributed by atoms with van der Waals surface area (Å²) in [6.45, 7) is 0. The van der Waals surface area contributed by atoms with Crippen molar-refractivity contribution in [2.75, 3.05) is 0 Å². The van der Waals surface area contributed by atoms with E-state index in [0.717, 1.165) is 0 Å². The highest BCUT2D eigenvalue weighted by Gasteiger charge is 2.25. The van der Waals surface area contributed by atoms with E-state index < -0.39 is 21.2 Å². The first-order valence-electron chi connectivity index (χ1n) is 3.04. The van der Waals surface area contributed by atoms with Crippen LogP contribution in [0.15, 0.2) is 12.1 Å². The van der Waals surface area contributed by atoms with Crippen LogP contribution in [0.25, 0.3) is 0 Å². The molecule has 0 spiro atoms. The van der Waals surface area contributed by atoms with Gasteiger partial charge in [0.2, 0.25) is 3.79 Å². The largest absolute Gasteiger partial charge is 0.216 e. The lowest BCUT2D eigenvalue weighted by Gasteiger charge is -2.11. The van der Waals surface area contributed by atoms with Crippen LogP contribution < -0.4 is 0 Å². The third-order valence-electron chi connectivity index (χ3n) is 1.31. The van der Waals surface area contributed by atoms with E-state index in [0.29, 0.717) is 12.1 Å². The molecule has 0 aliphatic heterocycles. The molecule has 0 aromatic heterocycles. The molecule has 0 heterocycles. The maximum atomic E-state index is 12.6. The van der Waals surface area contributed by atoms with E-state index in [9.17, 15) is 13.2 Å². The van der Waals surface area contributed by atoms with Gasteiger partial charge in [-0.1, -0.05) is 34.8 Å². The van der Waals surface area contributed by atoms with Gasteiger partial charge < -0.3 is 0 Å². The molecule has 0 unspecified atom stereocenters. The number of hydrogen-bond donors (Lipinski definition) is 0. The number of benzene rings is 1. The number of rotatable bonds is 0. The molecule has 0 N–H and O–H groups in total. The van der Waals surface area contributed by atoms with E-state index in [-0.39, 0.29) is 5.56 Å². The van der Waals surface area contributed by atoms with Crippen LogP contribution in [0.3, 0.4) is 0 Å². The van der Waals surface area contributed by atoms with Gasteiger partial charge in [-0.2, -0.15) is 0 Å². The van der Waals surface area contributed by atoms with E-state index in [1.807, 2.05) is 0 Å². The molecular formula is C7H2Cl3F3. The second-order valence-electron chi connectivity index (χ2n) is 2.25. The van der Waals surface area contributed by atoms with Gasteiger partial charge in [0.25, 0.3) is 0 Å². The summed E-state index contributed by atoms with van der Waals surface area (Å²) in [4.78, 5) is 0. The molecule has 0 saturated carbocycles. The molecule has 1 aromatic rings. The molecule has 0 fully saturated rings. The van der Waals surface area contributed by atoms with Crippen molar-refractivity contribution in [1.29, 1.82) is 0 Å². The Hall–Kier alpha value is -0.120. The third kappa shape index (κ3) is 2.42. The van der Waals surface area contributed by atoms with E-state index in [4.69, 9.17) is 34.8 Å². The number of hydrogen-bond acceptors (Lipinski definition) is 0. The monoisotopic (exact) mass is 248 g/mol. The summed E-state index contributed by atoms with van der Waals surface area (Å²) < 4.78 is 35.6. The summed E-state index contributed by atoms with van der Waals surface area (Å²) in [5, 5.41) is 0. The van der Waals surface area contributed by atoms with E-state index >= 15 is 0 Å². The predicted molar refractivity (Wildman–Crippen MR) is 45.6 cm³/mol. The Labute approximate surface area is 87.2 Å². The Morgan fingerprint density at radius 3 is 1.62 bits per heavy atom. The van der Waals surface area contributed by atoms with Crippen molar-refractivity contribution in [3.8, 4) is 0 Å². The fourth-order valence-electron chi connectivity index (χ4n) is 0.719. The van der Waals surface area contributed by atoms with Crippen LogP contribution in [0.1, 0.15) is 5.56 Å².